The van der Waals surface area contributed by atoms with E-state index in [1.165, 1.54) is 11.1 Å². The van der Waals surface area contributed by atoms with Gasteiger partial charge in [-0.3, -0.25) is 4.79 Å². The van der Waals surface area contributed by atoms with Crippen molar-refractivity contribution in [3.05, 3.63) is 35.4 Å². The van der Waals surface area contributed by atoms with Crippen molar-refractivity contribution >= 4 is 16.8 Å². The van der Waals surface area contributed by atoms with E-state index >= 15 is 0 Å². The molecular weight excluding hydrogens is 186 g/mol. The third-order valence-electron chi connectivity index (χ3n) is 2.36. The minimum Gasteiger partial charge on any atom is -0.302 e. The Kier molecular flexibility index (Phi) is 2.34. The Balaban J connectivity index is 2.24. The van der Waals surface area contributed by atoms with Crippen LogP contribution in [0.4, 0.5) is 0 Å². The van der Waals surface area contributed by atoms with E-state index in [0.717, 1.165) is 6.54 Å². The summed E-state index contributed by atoms with van der Waals surface area (Å²) < 4.78 is 0. The van der Waals surface area contributed by atoms with Gasteiger partial charge < -0.3 is 5.32 Å². The Morgan fingerprint density at radius 3 is 2.77 bits per heavy atom. The van der Waals surface area contributed by atoms with Gasteiger partial charge in [0.25, 0.3) is 0 Å². The summed E-state index contributed by atoms with van der Waals surface area (Å²) in [5.41, 5.74) is 2.48. The van der Waals surface area contributed by atoms with E-state index in [-0.39, 0.29) is 11.3 Å². The van der Waals surface area contributed by atoms with Gasteiger partial charge in [-0.1, -0.05) is 24.3 Å². The summed E-state index contributed by atoms with van der Waals surface area (Å²) in [5, 5.41) is 2.80. The highest BCUT2D eigenvalue weighted by Crippen LogP contribution is 2.16. The van der Waals surface area contributed by atoms with Crippen molar-refractivity contribution in [3.8, 4) is 0 Å². The number of halogens is 1. The molecule has 0 saturated heterocycles. The number of fused-ring (bicyclic) bond motifs is 1. The molecule has 0 aromatic heterocycles. The van der Waals surface area contributed by atoms with E-state index in [1.54, 1.807) is 0 Å². The molecule has 1 heterocycles. The van der Waals surface area contributed by atoms with Crippen molar-refractivity contribution in [2.24, 2.45) is 0 Å². The van der Waals surface area contributed by atoms with Crippen LogP contribution in [-0.2, 0) is 17.8 Å². The molecule has 3 heteroatoms. The number of rotatable bonds is 1. The summed E-state index contributed by atoms with van der Waals surface area (Å²) in [6.45, 7) is 0.735. The van der Waals surface area contributed by atoms with Crippen LogP contribution in [0.1, 0.15) is 11.1 Å². The minimum atomic E-state index is -0.297. The Hall–Kier alpha value is -0.860. The fourth-order valence-corrected chi connectivity index (χ4v) is 1.77. The van der Waals surface area contributed by atoms with Gasteiger partial charge in [0.05, 0.1) is 6.04 Å². The van der Waals surface area contributed by atoms with Crippen LogP contribution in [0.5, 0.6) is 0 Å². The lowest BCUT2D eigenvalue weighted by Gasteiger charge is -2.22. The Labute approximate surface area is 81.9 Å². The molecule has 2 nitrogen and oxygen atoms in total. The molecule has 2 rings (SSSR count). The molecule has 0 bridgehead atoms. The second kappa shape index (κ2) is 3.48. The van der Waals surface area contributed by atoms with Crippen LogP contribution in [0, 0.1) is 0 Å². The smallest absolute Gasteiger partial charge is 0.238 e. The van der Waals surface area contributed by atoms with Crippen molar-refractivity contribution in [2.75, 3.05) is 0 Å². The monoisotopic (exact) mass is 195 g/mol. The van der Waals surface area contributed by atoms with Crippen LogP contribution in [0.3, 0.4) is 0 Å². The first-order valence-corrected chi connectivity index (χ1v) is 4.64. The summed E-state index contributed by atoms with van der Waals surface area (Å²) in [4.78, 5) is 10.9. The van der Waals surface area contributed by atoms with Gasteiger partial charge in [0, 0.05) is 6.54 Å². The first-order chi connectivity index (χ1) is 6.27. The molecule has 1 aromatic carbocycles. The average Bonchev–Trinajstić information content (AvgIpc) is 2.17. The second-order valence-electron chi connectivity index (χ2n) is 3.21. The van der Waals surface area contributed by atoms with Crippen LogP contribution in [0.15, 0.2) is 24.3 Å². The molecule has 0 fully saturated rings. The normalized spacial score (nSPS) is 20.8. The van der Waals surface area contributed by atoms with Crippen molar-refractivity contribution in [3.63, 3.8) is 0 Å². The zero-order chi connectivity index (χ0) is 9.26. The predicted octanol–water partition coefficient (Wildman–Crippen LogP) is 1.47. The SMILES string of the molecule is O=C(Cl)C1Cc2ccccc2CN1. The van der Waals surface area contributed by atoms with Gasteiger partial charge in [0.2, 0.25) is 5.24 Å². The Bertz CT molecular complexity index is 337. The van der Waals surface area contributed by atoms with E-state index in [0.29, 0.717) is 6.42 Å². The topological polar surface area (TPSA) is 29.1 Å². The first-order valence-electron chi connectivity index (χ1n) is 4.27. The van der Waals surface area contributed by atoms with E-state index in [4.69, 9.17) is 11.6 Å². The highest BCUT2D eigenvalue weighted by molar-refractivity contribution is 6.64. The maximum Gasteiger partial charge on any atom is 0.238 e. The molecule has 1 N–H and O–H groups in total. The molecule has 68 valence electrons. The molecule has 1 atom stereocenters. The maximum atomic E-state index is 10.9. The fraction of sp³-hybridized carbons (Fsp3) is 0.300. The molecule has 1 unspecified atom stereocenters. The largest absolute Gasteiger partial charge is 0.302 e. The first kappa shape index (κ1) is 8.73. The van der Waals surface area contributed by atoms with Gasteiger partial charge >= 0.3 is 0 Å². The summed E-state index contributed by atoms with van der Waals surface area (Å²) in [6.07, 6.45) is 0.707. The standard InChI is InChI=1S/C10H10ClNO/c11-10(13)9-5-7-3-1-2-4-8(7)6-12-9/h1-4,9,12H,5-6H2. The van der Waals surface area contributed by atoms with E-state index in [9.17, 15) is 4.79 Å². The van der Waals surface area contributed by atoms with Gasteiger partial charge in [-0.15, -0.1) is 0 Å². The fourth-order valence-electron chi connectivity index (χ4n) is 1.61. The lowest BCUT2D eigenvalue weighted by Crippen LogP contribution is -2.39. The van der Waals surface area contributed by atoms with E-state index in [2.05, 4.69) is 11.4 Å². The number of hydrogen-bond acceptors (Lipinski definition) is 2. The van der Waals surface area contributed by atoms with Gasteiger partial charge in [-0.25, -0.2) is 0 Å². The van der Waals surface area contributed by atoms with Crippen LogP contribution >= 0.6 is 11.6 Å². The second-order valence-corrected chi connectivity index (χ2v) is 3.58. The van der Waals surface area contributed by atoms with E-state index < -0.39 is 0 Å². The number of benzene rings is 1. The van der Waals surface area contributed by atoms with Crippen LogP contribution in [0.25, 0.3) is 0 Å². The van der Waals surface area contributed by atoms with Crippen LogP contribution in [0.2, 0.25) is 0 Å². The Morgan fingerprint density at radius 2 is 2.08 bits per heavy atom. The number of nitrogens with one attached hydrogen (secondary N) is 1. The number of hydrogen-bond donors (Lipinski definition) is 1. The van der Waals surface area contributed by atoms with Crippen LogP contribution < -0.4 is 5.32 Å². The third kappa shape index (κ3) is 1.74. The van der Waals surface area contributed by atoms with Crippen molar-refractivity contribution in [1.82, 2.24) is 5.32 Å². The molecular formula is C10H10ClNO. The summed E-state index contributed by atoms with van der Waals surface area (Å²) in [5.74, 6) is 0. The average molecular weight is 196 g/mol. The van der Waals surface area contributed by atoms with E-state index in [1.807, 2.05) is 18.2 Å². The summed E-state index contributed by atoms with van der Waals surface area (Å²) in [7, 11) is 0. The molecule has 1 aliphatic rings. The molecule has 0 amide bonds. The van der Waals surface area contributed by atoms with Gasteiger partial charge in [-0.2, -0.15) is 0 Å². The molecule has 0 radical (unpaired) electrons. The lowest BCUT2D eigenvalue weighted by atomic mass is 9.97. The molecule has 0 spiro atoms. The highest BCUT2D eigenvalue weighted by Gasteiger charge is 2.21. The third-order valence-corrected chi connectivity index (χ3v) is 2.62. The number of carbonyl (C=O) groups excluding carboxylic acids is 1. The van der Waals surface area contributed by atoms with Crippen molar-refractivity contribution in [2.45, 2.75) is 19.0 Å². The predicted molar refractivity (Wildman–Crippen MR) is 51.6 cm³/mol. The molecule has 0 aliphatic carbocycles. The quantitative estimate of drug-likeness (QED) is 0.688. The van der Waals surface area contributed by atoms with Gasteiger partial charge in [0.1, 0.15) is 0 Å². The van der Waals surface area contributed by atoms with Gasteiger partial charge in [-0.05, 0) is 29.1 Å². The summed E-state index contributed by atoms with van der Waals surface area (Å²) >= 11 is 5.42. The summed E-state index contributed by atoms with van der Waals surface area (Å²) in [6, 6.07) is 7.89. The van der Waals surface area contributed by atoms with Crippen molar-refractivity contribution < 1.29 is 4.79 Å². The zero-order valence-corrected chi connectivity index (χ0v) is 7.84. The van der Waals surface area contributed by atoms with Crippen molar-refractivity contribution in [1.29, 1.82) is 0 Å². The lowest BCUT2D eigenvalue weighted by molar-refractivity contribution is -0.113. The minimum absolute atomic E-state index is 0.212. The molecule has 1 aliphatic heterocycles. The Morgan fingerprint density at radius 1 is 1.38 bits per heavy atom. The maximum absolute atomic E-state index is 10.9. The zero-order valence-electron chi connectivity index (χ0n) is 7.09. The van der Waals surface area contributed by atoms with Gasteiger partial charge in [0.15, 0.2) is 0 Å². The molecule has 0 saturated carbocycles. The number of carbonyl (C=O) groups is 1. The highest BCUT2D eigenvalue weighted by atomic mass is 35.5. The molecule has 13 heavy (non-hydrogen) atoms. The molecule has 1 aromatic rings. The van der Waals surface area contributed by atoms with Crippen LogP contribution in [-0.4, -0.2) is 11.3 Å².